The van der Waals surface area contributed by atoms with Crippen molar-refractivity contribution in [3.05, 3.63) is 12.2 Å². The Labute approximate surface area is 73.0 Å². The fourth-order valence-corrected chi connectivity index (χ4v) is 1.30. The van der Waals surface area contributed by atoms with E-state index in [-0.39, 0.29) is 12.2 Å². The van der Waals surface area contributed by atoms with Gasteiger partial charge in [0, 0.05) is 6.54 Å². The Balaban J connectivity index is 2.44. The highest BCUT2D eigenvalue weighted by molar-refractivity contribution is 5.70. The Morgan fingerprint density at radius 2 is 2.50 bits per heavy atom. The second kappa shape index (κ2) is 4.14. The van der Waals surface area contributed by atoms with E-state index in [2.05, 4.69) is 6.92 Å². The topological polar surface area (TPSA) is 29.5 Å². The second-order valence-corrected chi connectivity index (χ2v) is 2.89. The molecule has 0 aromatic heterocycles. The highest BCUT2D eigenvalue weighted by atomic mass is 16.6. The van der Waals surface area contributed by atoms with Crippen molar-refractivity contribution in [2.24, 2.45) is 0 Å². The number of allylic oxidation sites excluding steroid dienone is 1. The lowest BCUT2D eigenvalue weighted by Crippen LogP contribution is -2.25. The van der Waals surface area contributed by atoms with Crippen molar-refractivity contribution in [2.75, 3.05) is 13.1 Å². The molecule has 1 aliphatic rings. The van der Waals surface area contributed by atoms with Crippen LogP contribution in [0.5, 0.6) is 0 Å². The average molecular weight is 169 g/mol. The summed E-state index contributed by atoms with van der Waals surface area (Å²) in [5.41, 5.74) is 0. The molecule has 0 radical (unpaired) electrons. The van der Waals surface area contributed by atoms with Crippen LogP contribution >= 0.6 is 0 Å². The number of carbonyl (C=O) groups is 1. The smallest absolute Gasteiger partial charge is 0.410 e. The summed E-state index contributed by atoms with van der Waals surface area (Å²) in [6, 6.07) is 0. The fraction of sp³-hybridized carbons (Fsp3) is 0.667. The molecule has 0 aromatic carbocycles. The van der Waals surface area contributed by atoms with Crippen molar-refractivity contribution >= 4 is 6.09 Å². The molecular weight excluding hydrogens is 154 g/mol. The van der Waals surface area contributed by atoms with Gasteiger partial charge in [-0.2, -0.15) is 0 Å². The molecule has 1 aliphatic heterocycles. The van der Waals surface area contributed by atoms with Crippen LogP contribution in [0.3, 0.4) is 0 Å². The molecule has 0 aliphatic carbocycles. The van der Waals surface area contributed by atoms with Crippen molar-refractivity contribution in [3.8, 4) is 0 Å². The summed E-state index contributed by atoms with van der Waals surface area (Å²) in [5, 5.41) is 0. The molecule has 0 saturated carbocycles. The minimum Gasteiger partial charge on any atom is -0.440 e. The van der Waals surface area contributed by atoms with Crippen molar-refractivity contribution in [2.45, 2.75) is 26.4 Å². The van der Waals surface area contributed by atoms with Crippen LogP contribution in [0.4, 0.5) is 4.79 Å². The maximum Gasteiger partial charge on any atom is 0.410 e. The molecule has 1 rings (SSSR count). The van der Waals surface area contributed by atoms with Gasteiger partial charge in [0.05, 0.1) is 6.54 Å². The Hall–Kier alpha value is -0.990. The molecule has 0 aromatic rings. The van der Waals surface area contributed by atoms with E-state index in [1.165, 1.54) is 0 Å². The van der Waals surface area contributed by atoms with Gasteiger partial charge < -0.3 is 9.64 Å². The van der Waals surface area contributed by atoms with Crippen LogP contribution < -0.4 is 0 Å². The molecule has 3 heteroatoms. The first-order valence-electron chi connectivity index (χ1n) is 4.36. The maximum absolute atomic E-state index is 11.1. The third-order valence-corrected chi connectivity index (χ3v) is 1.81. The van der Waals surface area contributed by atoms with E-state index in [0.717, 1.165) is 13.0 Å². The van der Waals surface area contributed by atoms with Gasteiger partial charge in [-0.25, -0.2) is 4.79 Å². The number of hydrogen-bond acceptors (Lipinski definition) is 2. The van der Waals surface area contributed by atoms with E-state index >= 15 is 0 Å². The zero-order valence-corrected chi connectivity index (χ0v) is 7.62. The standard InChI is InChI=1S/C9H15NO2/c1-3-5-8-7-10(6-4-2)9(11)12-8/h3,5,8H,4,6-7H2,1-2H3/t8-/m1/s1. The zero-order valence-electron chi connectivity index (χ0n) is 7.62. The lowest BCUT2D eigenvalue weighted by atomic mass is 10.3. The van der Waals surface area contributed by atoms with Crippen molar-refractivity contribution < 1.29 is 9.53 Å². The summed E-state index contributed by atoms with van der Waals surface area (Å²) in [7, 11) is 0. The molecule has 0 bridgehead atoms. The molecule has 0 N–H and O–H groups in total. The molecule has 0 unspecified atom stereocenters. The van der Waals surface area contributed by atoms with E-state index in [1.807, 2.05) is 19.1 Å². The van der Waals surface area contributed by atoms with Gasteiger partial charge in [0.1, 0.15) is 6.10 Å². The van der Waals surface area contributed by atoms with E-state index in [9.17, 15) is 4.79 Å². The van der Waals surface area contributed by atoms with Gasteiger partial charge >= 0.3 is 6.09 Å². The van der Waals surface area contributed by atoms with Crippen LogP contribution in [-0.2, 0) is 4.74 Å². The Kier molecular flexibility index (Phi) is 3.14. The monoisotopic (exact) mass is 169 g/mol. The first-order chi connectivity index (χ1) is 5.77. The highest BCUT2D eigenvalue weighted by Crippen LogP contribution is 2.12. The van der Waals surface area contributed by atoms with Gasteiger partial charge in [0.2, 0.25) is 0 Å². The second-order valence-electron chi connectivity index (χ2n) is 2.89. The third-order valence-electron chi connectivity index (χ3n) is 1.81. The Morgan fingerprint density at radius 3 is 3.08 bits per heavy atom. The van der Waals surface area contributed by atoms with Gasteiger partial charge in [0.15, 0.2) is 0 Å². The minimum absolute atomic E-state index is 0.0333. The zero-order chi connectivity index (χ0) is 8.97. The van der Waals surface area contributed by atoms with Crippen LogP contribution in [0.2, 0.25) is 0 Å². The largest absolute Gasteiger partial charge is 0.440 e. The summed E-state index contributed by atoms with van der Waals surface area (Å²) >= 11 is 0. The first kappa shape index (κ1) is 9.10. The van der Waals surface area contributed by atoms with E-state index in [1.54, 1.807) is 4.90 Å². The van der Waals surface area contributed by atoms with Crippen molar-refractivity contribution in [1.29, 1.82) is 0 Å². The van der Waals surface area contributed by atoms with Crippen LogP contribution in [0.1, 0.15) is 20.3 Å². The first-order valence-corrected chi connectivity index (χ1v) is 4.36. The number of hydrogen-bond donors (Lipinski definition) is 0. The number of amides is 1. The summed E-state index contributed by atoms with van der Waals surface area (Å²) < 4.78 is 5.07. The number of cyclic esters (lactones) is 1. The molecule has 3 nitrogen and oxygen atoms in total. The highest BCUT2D eigenvalue weighted by Gasteiger charge is 2.28. The predicted molar refractivity (Wildman–Crippen MR) is 46.9 cm³/mol. The Bertz CT molecular complexity index is 189. The van der Waals surface area contributed by atoms with E-state index in [4.69, 9.17) is 4.74 Å². The number of carbonyl (C=O) groups excluding carboxylic acids is 1. The molecule has 1 heterocycles. The van der Waals surface area contributed by atoms with Gasteiger partial charge in [-0.1, -0.05) is 13.0 Å². The summed E-state index contributed by atoms with van der Waals surface area (Å²) in [5.74, 6) is 0. The average Bonchev–Trinajstić information content (AvgIpc) is 2.34. The van der Waals surface area contributed by atoms with Gasteiger partial charge in [-0.3, -0.25) is 0 Å². The van der Waals surface area contributed by atoms with Crippen LogP contribution in [0.15, 0.2) is 12.2 Å². The maximum atomic E-state index is 11.1. The van der Waals surface area contributed by atoms with Crippen molar-refractivity contribution in [1.82, 2.24) is 4.90 Å². The predicted octanol–water partition coefficient (Wildman–Crippen LogP) is 1.79. The third kappa shape index (κ3) is 2.00. The SMILES string of the molecule is CC=C[C@@H]1CN(CCC)C(=O)O1. The number of nitrogens with zero attached hydrogens (tertiary/aromatic N) is 1. The number of ether oxygens (including phenoxy) is 1. The van der Waals surface area contributed by atoms with Crippen LogP contribution in [0.25, 0.3) is 0 Å². The van der Waals surface area contributed by atoms with Gasteiger partial charge in [-0.15, -0.1) is 0 Å². The molecule has 1 amide bonds. The minimum atomic E-state index is -0.181. The van der Waals surface area contributed by atoms with E-state index < -0.39 is 0 Å². The Morgan fingerprint density at radius 1 is 1.75 bits per heavy atom. The lowest BCUT2D eigenvalue weighted by Gasteiger charge is -2.09. The molecule has 1 saturated heterocycles. The molecular formula is C9H15NO2. The van der Waals surface area contributed by atoms with Crippen molar-refractivity contribution in [3.63, 3.8) is 0 Å². The quantitative estimate of drug-likeness (QED) is 0.603. The van der Waals surface area contributed by atoms with Gasteiger partial charge in [-0.05, 0) is 19.4 Å². The molecule has 1 atom stereocenters. The number of rotatable bonds is 3. The summed E-state index contributed by atoms with van der Waals surface area (Å²) in [6.07, 6.45) is 4.59. The summed E-state index contributed by atoms with van der Waals surface area (Å²) in [4.78, 5) is 12.9. The lowest BCUT2D eigenvalue weighted by molar-refractivity contribution is 0.145. The molecule has 12 heavy (non-hydrogen) atoms. The van der Waals surface area contributed by atoms with Crippen LogP contribution in [0, 0.1) is 0 Å². The summed E-state index contributed by atoms with van der Waals surface area (Å²) in [6.45, 7) is 5.48. The van der Waals surface area contributed by atoms with E-state index in [0.29, 0.717) is 6.54 Å². The fourth-order valence-electron chi connectivity index (χ4n) is 1.30. The molecule has 68 valence electrons. The molecule has 1 fully saturated rings. The normalized spacial score (nSPS) is 23.7. The molecule has 0 spiro atoms. The van der Waals surface area contributed by atoms with Crippen LogP contribution in [-0.4, -0.2) is 30.2 Å². The van der Waals surface area contributed by atoms with Gasteiger partial charge in [0.25, 0.3) is 0 Å².